The number of carbonyl (C=O) groups excluding carboxylic acids is 1. The van der Waals surface area contributed by atoms with E-state index < -0.39 is 11.2 Å². The summed E-state index contributed by atoms with van der Waals surface area (Å²) in [6, 6.07) is 0. The summed E-state index contributed by atoms with van der Waals surface area (Å²) in [6.45, 7) is 11.4. The number of hydrogen-bond donors (Lipinski definition) is 0. The van der Waals surface area contributed by atoms with Gasteiger partial charge in [0.05, 0.1) is 25.4 Å². The van der Waals surface area contributed by atoms with Crippen molar-refractivity contribution < 1.29 is 23.7 Å². The Bertz CT molecular complexity index is 342. The zero-order chi connectivity index (χ0) is 18.1. The quantitative estimate of drug-likeness (QED) is 0.382. The number of rotatable bonds is 10. The minimum Gasteiger partial charge on any atom is -0.444 e. The van der Waals surface area contributed by atoms with Crippen LogP contribution in [0.5, 0.6) is 0 Å². The maximum absolute atomic E-state index is 12.3. The summed E-state index contributed by atoms with van der Waals surface area (Å²) in [4.78, 5) is 14.0. The standard InChI is InChI=1S/C16H32INO5/c1-8-18(14(19)23-15(2,3)4)12-16(5,11-17)22-13(9-20-6)10-21-7/h13H,8-12H2,1-7H3. The first-order valence-corrected chi connectivity index (χ1v) is 9.33. The Hall–Kier alpha value is -0.120. The molecule has 0 aliphatic rings. The smallest absolute Gasteiger partial charge is 0.410 e. The normalized spacial score (nSPS) is 14.7. The Balaban J connectivity index is 4.92. The van der Waals surface area contributed by atoms with Crippen LogP contribution >= 0.6 is 22.6 Å². The van der Waals surface area contributed by atoms with Gasteiger partial charge in [-0.3, -0.25) is 0 Å². The fraction of sp³-hybridized carbons (Fsp3) is 0.938. The lowest BCUT2D eigenvalue weighted by molar-refractivity contribution is -0.122. The van der Waals surface area contributed by atoms with E-state index in [1.807, 2.05) is 34.6 Å². The van der Waals surface area contributed by atoms with Gasteiger partial charge in [0, 0.05) is 25.2 Å². The van der Waals surface area contributed by atoms with Gasteiger partial charge in [-0.15, -0.1) is 0 Å². The molecule has 138 valence electrons. The van der Waals surface area contributed by atoms with Crippen molar-refractivity contribution in [3.05, 3.63) is 0 Å². The van der Waals surface area contributed by atoms with Crippen LogP contribution in [0.15, 0.2) is 0 Å². The fourth-order valence-corrected chi connectivity index (χ4v) is 2.46. The molecule has 0 fully saturated rings. The van der Waals surface area contributed by atoms with Crippen molar-refractivity contribution in [1.29, 1.82) is 0 Å². The van der Waals surface area contributed by atoms with E-state index in [1.165, 1.54) is 0 Å². The molecule has 0 spiro atoms. The number of likely N-dealkylation sites (N-methyl/N-ethyl adjacent to an activating group) is 1. The van der Waals surface area contributed by atoms with Gasteiger partial charge in [-0.2, -0.15) is 0 Å². The molecule has 0 aromatic heterocycles. The molecule has 0 aliphatic heterocycles. The summed E-state index contributed by atoms with van der Waals surface area (Å²) >= 11 is 2.27. The molecule has 1 amide bonds. The van der Waals surface area contributed by atoms with Gasteiger partial charge in [-0.1, -0.05) is 22.6 Å². The van der Waals surface area contributed by atoms with Crippen molar-refractivity contribution in [2.75, 3.05) is 45.0 Å². The molecule has 0 rings (SSSR count). The van der Waals surface area contributed by atoms with Crippen molar-refractivity contribution in [2.45, 2.75) is 51.9 Å². The Morgan fingerprint density at radius 1 is 1.13 bits per heavy atom. The monoisotopic (exact) mass is 445 g/mol. The van der Waals surface area contributed by atoms with E-state index in [4.69, 9.17) is 18.9 Å². The number of nitrogens with zero attached hydrogens (tertiary/aromatic N) is 1. The average Bonchev–Trinajstić information content (AvgIpc) is 2.43. The van der Waals surface area contributed by atoms with Crippen molar-refractivity contribution in [1.82, 2.24) is 4.90 Å². The highest BCUT2D eigenvalue weighted by Crippen LogP contribution is 2.21. The second kappa shape index (κ2) is 10.7. The summed E-state index contributed by atoms with van der Waals surface area (Å²) in [6.07, 6.45) is -0.503. The Morgan fingerprint density at radius 3 is 2.00 bits per heavy atom. The van der Waals surface area contributed by atoms with Crippen LogP contribution in [0.1, 0.15) is 34.6 Å². The van der Waals surface area contributed by atoms with E-state index in [-0.39, 0.29) is 12.2 Å². The lowest BCUT2D eigenvalue weighted by Gasteiger charge is -2.37. The topological polar surface area (TPSA) is 57.2 Å². The van der Waals surface area contributed by atoms with Crippen LogP contribution in [0.3, 0.4) is 0 Å². The molecular formula is C16H32INO5. The maximum Gasteiger partial charge on any atom is 0.410 e. The number of alkyl halides is 1. The average molecular weight is 445 g/mol. The summed E-state index contributed by atoms with van der Waals surface area (Å²) in [5, 5.41) is 0. The van der Waals surface area contributed by atoms with Crippen molar-refractivity contribution in [3.8, 4) is 0 Å². The molecule has 0 saturated carbocycles. The van der Waals surface area contributed by atoms with Gasteiger partial charge in [0.25, 0.3) is 0 Å². The molecule has 7 heteroatoms. The minimum atomic E-state index is -0.513. The molecule has 0 aromatic rings. The number of halogens is 1. The summed E-state index contributed by atoms with van der Waals surface area (Å²) in [7, 11) is 3.26. The van der Waals surface area contributed by atoms with Crippen molar-refractivity contribution >= 4 is 28.7 Å². The summed E-state index contributed by atoms with van der Waals surface area (Å²) in [5.41, 5.74) is -1.02. The predicted molar refractivity (Wildman–Crippen MR) is 99.4 cm³/mol. The van der Waals surface area contributed by atoms with Gasteiger partial charge < -0.3 is 23.8 Å². The Labute approximate surface area is 154 Å². The van der Waals surface area contributed by atoms with Gasteiger partial charge in [0.2, 0.25) is 0 Å². The zero-order valence-corrected chi connectivity index (χ0v) is 17.6. The Morgan fingerprint density at radius 2 is 1.65 bits per heavy atom. The largest absolute Gasteiger partial charge is 0.444 e. The van der Waals surface area contributed by atoms with Crippen molar-refractivity contribution in [3.63, 3.8) is 0 Å². The van der Waals surface area contributed by atoms with Gasteiger partial charge in [0.1, 0.15) is 11.7 Å². The molecule has 0 aliphatic carbocycles. The number of ether oxygens (including phenoxy) is 4. The summed E-state index contributed by atoms with van der Waals surface area (Å²) in [5.74, 6) is 0. The van der Waals surface area contributed by atoms with E-state index in [1.54, 1.807) is 19.1 Å². The van der Waals surface area contributed by atoms with Gasteiger partial charge in [-0.05, 0) is 34.6 Å². The molecule has 0 aromatic carbocycles. The third-order valence-electron chi connectivity index (χ3n) is 3.00. The SMILES string of the molecule is CCN(CC(C)(CI)OC(COC)COC)C(=O)OC(C)(C)C. The fourth-order valence-electron chi connectivity index (χ4n) is 2.04. The van der Waals surface area contributed by atoms with E-state index in [0.29, 0.717) is 26.3 Å². The van der Waals surface area contributed by atoms with E-state index in [9.17, 15) is 4.79 Å². The first-order valence-electron chi connectivity index (χ1n) is 7.80. The molecule has 6 nitrogen and oxygen atoms in total. The Kier molecular flexibility index (Phi) is 10.6. The molecule has 1 unspecified atom stereocenters. The lowest BCUT2D eigenvalue weighted by atomic mass is 10.1. The van der Waals surface area contributed by atoms with Crippen LogP contribution in [0.25, 0.3) is 0 Å². The van der Waals surface area contributed by atoms with Gasteiger partial charge in [0.15, 0.2) is 0 Å². The highest BCUT2D eigenvalue weighted by molar-refractivity contribution is 14.1. The molecule has 0 bridgehead atoms. The molecule has 1 atom stereocenters. The van der Waals surface area contributed by atoms with Crippen LogP contribution in [0.2, 0.25) is 0 Å². The third-order valence-corrected chi connectivity index (χ3v) is 4.61. The van der Waals surface area contributed by atoms with Crippen LogP contribution in [0.4, 0.5) is 4.79 Å². The van der Waals surface area contributed by atoms with E-state index in [0.717, 1.165) is 4.43 Å². The zero-order valence-electron chi connectivity index (χ0n) is 15.5. The maximum atomic E-state index is 12.3. The van der Waals surface area contributed by atoms with E-state index >= 15 is 0 Å². The minimum absolute atomic E-state index is 0.179. The predicted octanol–water partition coefficient (Wildman–Crippen LogP) is 3.12. The number of hydrogen-bond acceptors (Lipinski definition) is 5. The van der Waals surface area contributed by atoms with Crippen LogP contribution in [0, 0.1) is 0 Å². The molecular weight excluding hydrogens is 413 g/mol. The number of carbonyl (C=O) groups is 1. The second-order valence-corrected chi connectivity index (χ2v) is 7.49. The van der Waals surface area contributed by atoms with Crippen LogP contribution < -0.4 is 0 Å². The van der Waals surface area contributed by atoms with Gasteiger partial charge in [-0.25, -0.2) is 4.79 Å². The second-order valence-electron chi connectivity index (χ2n) is 6.73. The number of methoxy groups -OCH3 is 2. The molecule has 0 heterocycles. The molecule has 23 heavy (non-hydrogen) atoms. The highest BCUT2D eigenvalue weighted by atomic mass is 127. The van der Waals surface area contributed by atoms with Gasteiger partial charge >= 0.3 is 6.09 Å². The molecule has 0 N–H and O–H groups in total. The molecule has 0 radical (unpaired) electrons. The van der Waals surface area contributed by atoms with E-state index in [2.05, 4.69) is 22.6 Å². The first kappa shape index (κ1) is 22.9. The summed E-state index contributed by atoms with van der Waals surface area (Å²) < 4.78 is 22.7. The third kappa shape index (κ3) is 9.69. The van der Waals surface area contributed by atoms with Crippen molar-refractivity contribution in [2.24, 2.45) is 0 Å². The highest BCUT2D eigenvalue weighted by Gasteiger charge is 2.33. The first-order chi connectivity index (χ1) is 10.6. The van der Waals surface area contributed by atoms with Crippen LogP contribution in [-0.2, 0) is 18.9 Å². The molecule has 0 saturated heterocycles. The number of amides is 1. The van der Waals surface area contributed by atoms with Crippen LogP contribution in [-0.4, -0.2) is 73.2 Å². The lowest BCUT2D eigenvalue weighted by Crippen LogP contribution is -2.50.